The fourth-order valence-corrected chi connectivity index (χ4v) is 2.78. The van der Waals surface area contributed by atoms with Gasteiger partial charge in [0.25, 0.3) is 0 Å². The lowest BCUT2D eigenvalue weighted by atomic mass is 9.95. The number of nitrogens with two attached hydrogens (primary N) is 1. The predicted octanol–water partition coefficient (Wildman–Crippen LogP) is 1.75. The van der Waals surface area contributed by atoms with Gasteiger partial charge in [0.1, 0.15) is 4.99 Å². The van der Waals surface area contributed by atoms with Crippen molar-refractivity contribution in [3.63, 3.8) is 0 Å². The Hall–Kier alpha value is -1.46. The van der Waals surface area contributed by atoms with Gasteiger partial charge in [-0.15, -0.1) is 0 Å². The number of nitrogens with zero attached hydrogens (tertiary/aromatic N) is 1. The zero-order valence-electron chi connectivity index (χ0n) is 12.5. The Balaban J connectivity index is 1.96. The number of amides is 1. The summed E-state index contributed by atoms with van der Waals surface area (Å²) in [5, 5.41) is 0. The van der Waals surface area contributed by atoms with Gasteiger partial charge in [0.15, 0.2) is 0 Å². The van der Waals surface area contributed by atoms with Crippen LogP contribution in [0, 0.1) is 5.92 Å². The molecule has 1 aromatic rings. The Kier molecular flexibility index (Phi) is 5.31. The molecule has 2 atom stereocenters. The van der Waals surface area contributed by atoms with E-state index in [0.717, 1.165) is 24.1 Å². The maximum Gasteiger partial charge on any atom is 0.227 e. The van der Waals surface area contributed by atoms with Crippen LogP contribution in [0.5, 0.6) is 0 Å². The Morgan fingerprint density at radius 2 is 2.10 bits per heavy atom. The predicted molar refractivity (Wildman–Crippen MR) is 87.2 cm³/mol. The van der Waals surface area contributed by atoms with Crippen LogP contribution in [0.4, 0.5) is 0 Å². The minimum Gasteiger partial charge on any atom is -0.389 e. The maximum absolute atomic E-state index is 12.4. The summed E-state index contributed by atoms with van der Waals surface area (Å²) in [6.07, 6.45) is 1.53. The molecule has 0 saturated carbocycles. The molecular weight excluding hydrogens is 284 g/mol. The minimum atomic E-state index is 0.139. The van der Waals surface area contributed by atoms with E-state index in [0.29, 0.717) is 23.9 Å². The summed E-state index contributed by atoms with van der Waals surface area (Å²) in [7, 11) is 1.71. The van der Waals surface area contributed by atoms with Gasteiger partial charge < -0.3 is 15.4 Å². The Labute approximate surface area is 131 Å². The fourth-order valence-electron chi connectivity index (χ4n) is 2.64. The average Bonchev–Trinajstić information content (AvgIpc) is 2.48. The Morgan fingerprint density at radius 1 is 1.43 bits per heavy atom. The SMILES string of the molecule is COC1CN(C(=O)Cc2ccc(C(N)=S)cc2)CCC1C. The Morgan fingerprint density at radius 3 is 2.67 bits per heavy atom. The first kappa shape index (κ1) is 15.9. The largest absolute Gasteiger partial charge is 0.389 e. The smallest absolute Gasteiger partial charge is 0.227 e. The average molecular weight is 306 g/mol. The van der Waals surface area contributed by atoms with Gasteiger partial charge >= 0.3 is 0 Å². The molecular formula is C16H22N2O2S. The third kappa shape index (κ3) is 4.02. The second kappa shape index (κ2) is 7.00. The number of rotatable bonds is 4. The summed E-state index contributed by atoms with van der Waals surface area (Å²) in [6, 6.07) is 7.54. The van der Waals surface area contributed by atoms with Crippen molar-refractivity contribution >= 4 is 23.1 Å². The molecule has 4 nitrogen and oxygen atoms in total. The molecule has 0 bridgehead atoms. The number of methoxy groups -OCH3 is 1. The van der Waals surface area contributed by atoms with Gasteiger partial charge in [0.05, 0.1) is 12.5 Å². The highest BCUT2D eigenvalue weighted by Gasteiger charge is 2.28. The molecule has 0 aliphatic carbocycles. The van der Waals surface area contributed by atoms with E-state index in [2.05, 4.69) is 6.92 Å². The number of hydrogen-bond donors (Lipinski definition) is 1. The number of ether oxygens (including phenoxy) is 1. The number of hydrogen-bond acceptors (Lipinski definition) is 3. The van der Waals surface area contributed by atoms with Crippen LogP contribution in [0.25, 0.3) is 0 Å². The lowest BCUT2D eigenvalue weighted by Crippen LogP contribution is -2.47. The first-order chi connectivity index (χ1) is 10.0. The quantitative estimate of drug-likeness (QED) is 0.861. The topological polar surface area (TPSA) is 55.6 Å². The third-order valence-corrected chi connectivity index (χ3v) is 4.37. The fraction of sp³-hybridized carbons (Fsp3) is 0.500. The lowest BCUT2D eigenvalue weighted by Gasteiger charge is -2.36. The van der Waals surface area contributed by atoms with Gasteiger partial charge in [0, 0.05) is 25.8 Å². The van der Waals surface area contributed by atoms with E-state index in [1.54, 1.807) is 7.11 Å². The highest BCUT2D eigenvalue weighted by molar-refractivity contribution is 7.80. The molecule has 1 heterocycles. The number of likely N-dealkylation sites (tertiary alicyclic amines) is 1. The van der Waals surface area contributed by atoms with Gasteiger partial charge in [-0.1, -0.05) is 43.4 Å². The van der Waals surface area contributed by atoms with E-state index >= 15 is 0 Å². The molecule has 2 rings (SSSR count). The van der Waals surface area contributed by atoms with Crippen molar-refractivity contribution in [2.24, 2.45) is 11.7 Å². The van der Waals surface area contributed by atoms with E-state index in [9.17, 15) is 4.79 Å². The summed E-state index contributed by atoms with van der Waals surface area (Å²) in [4.78, 5) is 14.6. The van der Waals surface area contributed by atoms with Gasteiger partial charge in [-0.25, -0.2) is 0 Å². The Bertz CT molecular complexity index is 516. The van der Waals surface area contributed by atoms with Crippen molar-refractivity contribution in [3.8, 4) is 0 Å². The zero-order valence-corrected chi connectivity index (χ0v) is 13.4. The molecule has 114 valence electrons. The molecule has 0 radical (unpaired) electrons. The molecule has 0 aromatic heterocycles. The third-order valence-electron chi connectivity index (χ3n) is 4.14. The molecule has 2 unspecified atom stereocenters. The van der Waals surface area contributed by atoms with Crippen LogP contribution < -0.4 is 5.73 Å². The second-order valence-electron chi connectivity index (χ2n) is 5.62. The molecule has 1 aromatic carbocycles. The van der Waals surface area contributed by atoms with Crippen molar-refractivity contribution < 1.29 is 9.53 Å². The molecule has 1 aliphatic heterocycles. The van der Waals surface area contributed by atoms with Crippen LogP contribution in [0.2, 0.25) is 0 Å². The summed E-state index contributed by atoms with van der Waals surface area (Å²) < 4.78 is 5.45. The van der Waals surface area contributed by atoms with Gasteiger partial charge in [-0.3, -0.25) is 4.79 Å². The van der Waals surface area contributed by atoms with E-state index in [4.69, 9.17) is 22.7 Å². The van der Waals surface area contributed by atoms with Gasteiger partial charge in [-0.2, -0.15) is 0 Å². The first-order valence-electron chi connectivity index (χ1n) is 7.20. The number of carbonyl (C=O) groups excluding carboxylic acids is 1. The van der Waals surface area contributed by atoms with Crippen molar-refractivity contribution in [2.45, 2.75) is 25.9 Å². The number of carbonyl (C=O) groups is 1. The summed E-state index contributed by atoms with van der Waals surface area (Å²) in [5.41, 5.74) is 7.37. The van der Waals surface area contributed by atoms with Crippen molar-refractivity contribution in [1.82, 2.24) is 4.90 Å². The highest BCUT2D eigenvalue weighted by atomic mass is 32.1. The summed E-state index contributed by atoms with van der Waals surface area (Å²) in [5.74, 6) is 0.649. The van der Waals surface area contributed by atoms with E-state index < -0.39 is 0 Å². The molecule has 1 saturated heterocycles. The molecule has 1 fully saturated rings. The zero-order chi connectivity index (χ0) is 15.4. The van der Waals surface area contributed by atoms with Crippen LogP contribution >= 0.6 is 12.2 Å². The first-order valence-corrected chi connectivity index (χ1v) is 7.61. The lowest BCUT2D eigenvalue weighted by molar-refractivity contribution is -0.135. The normalized spacial score (nSPS) is 22.1. The van der Waals surface area contributed by atoms with Crippen molar-refractivity contribution in [1.29, 1.82) is 0 Å². The van der Waals surface area contributed by atoms with Crippen LogP contribution in [-0.2, 0) is 16.0 Å². The molecule has 21 heavy (non-hydrogen) atoms. The van der Waals surface area contributed by atoms with Crippen LogP contribution in [0.1, 0.15) is 24.5 Å². The number of piperidine rings is 1. The summed E-state index contributed by atoms with van der Waals surface area (Å²) in [6.45, 7) is 3.66. The van der Waals surface area contributed by atoms with E-state index in [1.807, 2.05) is 29.2 Å². The maximum atomic E-state index is 12.4. The van der Waals surface area contributed by atoms with E-state index in [-0.39, 0.29) is 12.0 Å². The molecule has 2 N–H and O–H groups in total. The monoisotopic (exact) mass is 306 g/mol. The molecule has 1 aliphatic rings. The van der Waals surface area contributed by atoms with Crippen LogP contribution in [0.3, 0.4) is 0 Å². The molecule has 0 spiro atoms. The minimum absolute atomic E-state index is 0.139. The van der Waals surface area contributed by atoms with Crippen LogP contribution in [0.15, 0.2) is 24.3 Å². The standard InChI is InChI=1S/C16H22N2O2S/c1-11-7-8-18(10-14(11)20-2)15(19)9-12-3-5-13(6-4-12)16(17)21/h3-6,11,14H,7-10H2,1-2H3,(H2,17,21). The van der Waals surface area contributed by atoms with Gasteiger partial charge in [0.2, 0.25) is 5.91 Å². The second-order valence-corrected chi connectivity index (χ2v) is 6.06. The highest BCUT2D eigenvalue weighted by Crippen LogP contribution is 2.20. The van der Waals surface area contributed by atoms with Crippen molar-refractivity contribution in [2.75, 3.05) is 20.2 Å². The van der Waals surface area contributed by atoms with Gasteiger partial charge in [-0.05, 0) is 17.9 Å². The van der Waals surface area contributed by atoms with Crippen molar-refractivity contribution in [3.05, 3.63) is 35.4 Å². The van der Waals surface area contributed by atoms with Crippen LogP contribution in [-0.4, -0.2) is 42.1 Å². The molecule has 1 amide bonds. The summed E-state index contributed by atoms with van der Waals surface area (Å²) >= 11 is 4.92. The number of benzene rings is 1. The molecule has 5 heteroatoms. The number of thiocarbonyl (C=S) groups is 1. The van der Waals surface area contributed by atoms with E-state index in [1.165, 1.54) is 0 Å².